The summed E-state index contributed by atoms with van der Waals surface area (Å²) in [5.41, 5.74) is 1.31. The number of carbonyl (C=O) groups excluding carboxylic acids is 1. The molecule has 0 N–H and O–H groups in total. The van der Waals surface area contributed by atoms with Gasteiger partial charge in [-0.2, -0.15) is 0 Å². The van der Waals surface area contributed by atoms with Crippen molar-refractivity contribution >= 4 is 23.2 Å². The second kappa shape index (κ2) is 7.32. The smallest absolute Gasteiger partial charge is 0.256 e. The summed E-state index contributed by atoms with van der Waals surface area (Å²) in [6, 6.07) is 8.88. The standard InChI is InChI=1S/C20H18ClNO5/c1-11-18(14-7-5-6-13(23)10-15(14)21)22(20(11)24)12-8-16(25-2)19(27-4)17(9-12)26-3/h5-10,18H,1H2,2-4H3/t18-/m1/s1. The zero-order chi connectivity index (χ0) is 19.7. The van der Waals surface area contributed by atoms with Crippen LogP contribution in [-0.2, 0) is 4.79 Å². The van der Waals surface area contributed by atoms with Crippen LogP contribution in [0.15, 0.2) is 53.3 Å². The van der Waals surface area contributed by atoms with Crippen molar-refractivity contribution in [2.45, 2.75) is 6.04 Å². The molecule has 1 fully saturated rings. The van der Waals surface area contributed by atoms with Crippen LogP contribution in [0.25, 0.3) is 0 Å². The molecule has 140 valence electrons. The van der Waals surface area contributed by atoms with Crippen molar-refractivity contribution in [3.8, 4) is 17.2 Å². The van der Waals surface area contributed by atoms with E-state index in [1.54, 1.807) is 24.3 Å². The number of carbonyl (C=O) groups is 1. The molecule has 2 aromatic rings. The summed E-state index contributed by atoms with van der Waals surface area (Å²) in [4.78, 5) is 25.8. The number of hydrogen-bond acceptors (Lipinski definition) is 5. The molecule has 0 aromatic heterocycles. The zero-order valence-electron chi connectivity index (χ0n) is 15.1. The highest BCUT2D eigenvalue weighted by Gasteiger charge is 2.44. The fourth-order valence-electron chi connectivity index (χ4n) is 3.08. The van der Waals surface area contributed by atoms with Crippen LogP contribution in [0.4, 0.5) is 5.69 Å². The predicted octanol–water partition coefficient (Wildman–Crippen LogP) is 3.37. The van der Waals surface area contributed by atoms with Crippen molar-refractivity contribution < 1.29 is 19.0 Å². The van der Waals surface area contributed by atoms with Gasteiger partial charge in [0.2, 0.25) is 5.75 Å². The first kappa shape index (κ1) is 18.8. The Morgan fingerprint density at radius 3 is 2.19 bits per heavy atom. The first-order valence-corrected chi connectivity index (χ1v) is 8.42. The molecule has 1 atom stereocenters. The predicted molar refractivity (Wildman–Crippen MR) is 103 cm³/mol. The Morgan fingerprint density at radius 2 is 1.63 bits per heavy atom. The van der Waals surface area contributed by atoms with Crippen molar-refractivity contribution in [1.82, 2.24) is 0 Å². The zero-order valence-corrected chi connectivity index (χ0v) is 15.9. The summed E-state index contributed by atoms with van der Waals surface area (Å²) in [6.07, 6.45) is 0. The van der Waals surface area contributed by atoms with Crippen LogP contribution in [-0.4, -0.2) is 27.2 Å². The molecule has 0 spiro atoms. The summed E-state index contributed by atoms with van der Waals surface area (Å²) >= 11 is 6.30. The minimum atomic E-state index is -0.500. The van der Waals surface area contributed by atoms with Gasteiger partial charge in [-0.25, -0.2) is 0 Å². The number of β-lactam (4-membered cyclic amide) rings is 1. The van der Waals surface area contributed by atoms with Gasteiger partial charge in [0.1, 0.15) is 0 Å². The van der Waals surface area contributed by atoms with Crippen molar-refractivity contribution in [2.24, 2.45) is 0 Å². The van der Waals surface area contributed by atoms with Crippen LogP contribution in [0.3, 0.4) is 0 Å². The minimum absolute atomic E-state index is 0.221. The minimum Gasteiger partial charge on any atom is -0.493 e. The van der Waals surface area contributed by atoms with Crippen molar-refractivity contribution in [1.29, 1.82) is 0 Å². The number of ether oxygens (including phenoxy) is 3. The van der Waals surface area contributed by atoms with E-state index in [-0.39, 0.29) is 16.4 Å². The highest BCUT2D eigenvalue weighted by atomic mass is 35.5. The molecule has 3 rings (SSSR count). The molecular weight excluding hydrogens is 370 g/mol. The van der Waals surface area contributed by atoms with Gasteiger partial charge < -0.3 is 14.2 Å². The average Bonchev–Trinajstić information content (AvgIpc) is 2.83. The van der Waals surface area contributed by atoms with E-state index in [9.17, 15) is 9.59 Å². The summed E-state index contributed by atoms with van der Waals surface area (Å²) in [5.74, 6) is 1.01. The lowest BCUT2D eigenvalue weighted by Gasteiger charge is -2.42. The maximum atomic E-state index is 12.6. The SMILES string of the molecule is C=C1C(=O)N(c2cc(OC)c(OC)c(OC)c2)[C@H]1c1cccc(=O)cc1Cl. The number of hydrogen-bond donors (Lipinski definition) is 0. The highest BCUT2D eigenvalue weighted by molar-refractivity contribution is 6.32. The van der Waals surface area contributed by atoms with Crippen LogP contribution in [0.5, 0.6) is 17.2 Å². The van der Waals surface area contributed by atoms with Crippen LogP contribution in [0.1, 0.15) is 11.6 Å². The van der Waals surface area contributed by atoms with E-state index in [0.29, 0.717) is 34.1 Å². The average molecular weight is 388 g/mol. The Labute approximate surface area is 161 Å². The lowest BCUT2D eigenvalue weighted by molar-refractivity contribution is -0.118. The van der Waals surface area contributed by atoms with Gasteiger partial charge >= 0.3 is 0 Å². The maximum Gasteiger partial charge on any atom is 0.256 e. The quantitative estimate of drug-likeness (QED) is 0.581. The topological polar surface area (TPSA) is 65.1 Å². The van der Waals surface area contributed by atoms with E-state index in [0.717, 1.165) is 0 Å². The fourth-order valence-corrected chi connectivity index (χ4v) is 3.36. The monoisotopic (exact) mass is 387 g/mol. The molecular formula is C20H18ClNO5. The van der Waals surface area contributed by atoms with E-state index >= 15 is 0 Å². The molecule has 1 saturated heterocycles. The summed E-state index contributed by atoms with van der Waals surface area (Å²) in [7, 11) is 4.50. The van der Waals surface area contributed by atoms with Gasteiger partial charge in [0, 0.05) is 23.8 Å². The number of anilines is 1. The Hall–Kier alpha value is -2.99. The Bertz CT molecular complexity index is 963. The Morgan fingerprint density at radius 1 is 1.00 bits per heavy atom. The fraction of sp³-hybridized carbons (Fsp3) is 0.200. The highest BCUT2D eigenvalue weighted by Crippen LogP contribution is 2.48. The van der Waals surface area contributed by atoms with Crippen LogP contribution in [0, 0.1) is 0 Å². The first-order chi connectivity index (χ1) is 12.9. The van der Waals surface area contributed by atoms with E-state index in [1.165, 1.54) is 38.4 Å². The lowest BCUT2D eigenvalue weighted by Crippen LogP contribution is -2.49. The van der Waals surface area contributed by atoms with E-state index in [2.05, 4.69) is 6.58 Å². The summed E-state index contributed by atoms with van der Waals surface area (Å²) in [5, 5.41) is 0.265. The molecule has 1 amide bonds. The van der Waals surface area contributed by atoms with E-state index in [1.807, 2.05) is 0 Å². The third kappa shape index (κ3) is 3.13. The van der Waals surface area contributed by atoms with Crippen LogP contribution < -0.4 is 24.5 Å². The van der Waals surface area contributed by atoms with Crippen LogP contribution in [0.2, 0.25) is 5.02 Å². The first-order valence-electron chi connectivity index (χ1n) is 8.05. The molecule has 2 aromatic carbocycles. The molecule has 27 heavy (non-hydrogen) atoms. The third-order valence-electron chi connectivity index (χ3n) is 4.39. The third-order valence-corrected chi connectivity index (χ3v) is 4.71. The second-order valence-corrected chi connectivity index (χ2v) is 6.27. The molecule has 0 aliphatic carbocycles. The number of rotatable bonds is 5. The van der Waals surface area contributed by atoms with Gasteiger partial charge in [-0.05, 0) is 11.6 Å². The van der Waals surface area contributed by atoms with Gasteiger partial charge in [-0.1, -0.05) is 30.3 Å². The van der Waals surface area contributed by atoms with Gasteiger partial charge in [0.15, 0.2) is 16.9 Å². The lowest BCUT2D eigenvalue weighted by atomic mass is 9.89. The number of nitrogens with zero attached hydrogens (tertiary/aromatic N) is 1. The van der Waals surface area contributed by atoms with Crippen LogP contribution >= 0.6 is 11.6 Å². The largest absolute Gasteiger partial charge is 0.493 e. The molecule has 0 bridgehead atoms. The normalized spacial score (nSPS) is 16.0. The number of benzene rings is 1. The van der Waals surface area contributed by atoms with Gasteiger partial charge in [0.05, 0.1) is 38.1 Å². The van der Waals surface area contributed by atoms with E-state index in [4.69, 9.17) is 25.8 Å². The molecule has 1 aliphatic rings. The van der Waals surface area contributed by atoms with Gasteiger partial charge in [0.25, 0.3) is 5.91 Å². The number of methoxy groups -OCH3 is 3. The molecule has 7 heteroatoms. The second-order valence-electron chi connectivity index (χ2n) is 5.86. The van der Waals surface area contributed by atoms with Gasteiger partial charge in [-0.15, -0.1) is 0 Å². The van der Waals surface area contributed by atoms with Crippen molar-refractivity contribution in [3.05, 3.63) is 69.4 Å². The van der Waals surface area contributed by atoms with Crippen molar-refractivity contribution in [2.75, 3.05) is 26.2 Å². The Kier molecular flexibility index (Phi) is 5.10. The molecule has 1 aliphatic heterocycles. The summed E-state index contributed by atoms with van der Waals surface area (Å²) < 4.78 is 16.0. The molecule has 0 unspecified atom stereocenters. The van der Waals surface area contributed by atoms with E-state index < -0.39 is 6.04 Å². The molecule has 0 saturated carbocycles. The number of amides is 1. The maximum absolute atomic E-state index is 12.6. The molecule has 1 heterocycles. The molecule has 0 radical (unpaired) electrons. The molecule has 6 nitrogen and oxygen atoms in total. The van der Waals surface area contributed by atoms with Gasteiger partial charge in [-0.3, -0.25) is 14.5 Å². The number of halogens is 1. The summed E-state index contributed by atoms with van der Waals surface area (Å²) in [6.45, 7) is 3.86. The van der Waals surface area contributed by atoms with Crippen molar-refractivity contribution in [3.63, 3.8) is 0 Å². The Balaban J connectivity index is 2.14.